The second-order valence-electron chi connectivity index (χ2n) is 7.17. The van der Waals surface area contributed by atoms with Gasteiger partial charge in [-0.2, -0.15) is 20.1 Å². The molecule has 0 fully saturated rings. The number of hydrogen-bond donors (Lipinski definition) is 1. The lowest BCUT2D eigenvalue weighted by molar-refractivity contribution is -0.00710. The topological polar surface area (TPSA) is 86.9 Å². The number of rotatable bonds is 4. The molecule has 0 radical (unpaired) electrons. The molecule has 1 N–H and O–H groups in total. The number of fused-ring (bicyclic) bond motifs is 1. The Morgan fingerprint density at radius 1 is 1.21 bits per heavy atom. The number of aromatic nitrogens is 5. The van der Waals surface area contributed by atoms with Crippen LogP contribution in [-0.4, -0.2) is 36.8 Å². The van der Waals surface area contributed by atoms with Crippen molar-refractivity contribution in [3.05, 3.63) is 58.7 Å². The quantitative estimate of drug-likeness (QED) is 0.750. The maximum Gasteiger partial charge on any atom is 0.270 e. The van der Waals surface area contributed by atoms with E-state index in [-0.39, 0.29) is 18.1 Å². The number of benzene rings is 1. The van der Waals surface area contributed by atoms with E-state index in [9.17, 15) is 4.79 Å². The normalized spacial score (nSPS) is 18.7. The van der Waals surface area contributed by atoms with Crippen LogP contribution in [0.2, 0.25) is 0 Å². The van der Waals surface area contributed by atoms with E-state index >= 15 is 0 Å². The van der Waals surface area contributed by atoms with Gasteiger partial charge in [0.1, 0.15) is 11.4 Å². The fourth-order valence-corrected chi connectivity index (χ4v) is 3.65. The molecule has 1 amide bonds. The van der Waals surface area contributed by atoms with Gasteiger partial charge in [-0.1, -0.05) is 18.2 Å². The highest BCUT2D eigenvalue weighted by Crippen LogP contribution is 2.31. The van der Waals surface area contributed by atoms with Crippen LogP contribution in [0, 0.1) is 6.92 Å². The zero-order valence-electron chi connectivity index (χ0n) is 16.5. The highest BCUT2D eigenvalue weighted by atomic mass is 16.5. The predicted molar refractivity (Wildman–Crippen MR) is 103 cm³/mol. The van der Waals surface area contributed by atoms with Crippen molar-refractivity contribution < 1.29 is 9.53 Å². The molecule has 0 saturated heterocycles. The zero-order chi connectivity index (χ0) is 19.8. The van der Waals surface area contributed by atoms with E-state index < -0.39 is 0 Å². The van der Waals surface area contributed by atoms with E-state index in [1.54, 1.807) is 16.5 Å². The largest absolute Gasteiger partial charge is 0.369 e. The first-order valence-corrected chi connectivity index (χ1v) is 9.41. The maximum atomic E-state index is 12.9. The van der Waals surface area contributed by atoms with Crippen molar-refractivity contribution >= 4 is 5.91 Å². The lowest BCUT2D eigenvalue weighted by Crippen LogP contribution is -2.28. The van der Waals surface area contributed by atoms with Gasteiger partial charge in [-0.05, 0) is 32.9 Å². The molecule has 1 aromatic carbocycles. The summed E-state index contributed by atoms with van der Waals surface area (Å²) in [5.41, 5.74) is 4.80. The van der Waals surface area contributed by atoms with Crippen LogP contribution >= 0.6 is 0 Å². The van der Waals surface area contributed by atoms with E-state index in [1.807, 2.05) is 51.1 Å². The SMILES string of the molecule is Cc1nn(-c2ccccc2)nc1CNC(=O)c1c2c(nn1C)[C@H](C)O[C@H](C)C2. The van der Waals surface area contributed by atoms with Crippen molar-refractivity contribution in [2.75, 3.05) is 0 Å². The first-order valence-electron chi connectivity index (χ1n) is 9.41. The van der Waals surface area contributed by atoms with Gasteiger partial charge in [0, 0.05) is 19.0 Å². The van der Waals surface area contributed by atoms with Gasteiger partial charge in [0.25, 0.3) is 5.91 Å². The Labute approximate surface area is 163 Å². The molecule has 0 aliphatic carbocycles. The van der Waals surface area contributed by atoms with Gasteiger partial charge in [-0.15, -0.1) is 0 Å². The maximum absolute atomic E-state index is 12.9. The van der Waals surface area contributed by atoms with Gasteiger partial charge in [0.2, 0.25) is 0 Å². The highest BCUT2D eigenvalue weighted by Gasteiger charge is 2.31. The van der Waals surface area contributed by atoms with Crippen molar-refractivity contribution in [3.63, 3.8) is 0 Å². The summed E-state index contributed by atoms with van der Waals surface area (Å²) < 4.78 is 7.47. The van der Waals surface area contributed by atoms with E-state index in [4.69, 9.17) is 4.74 Å². The lowest BCUT2D eigenvalue weighted by atomic mass is 9.99. The number of hydrogen-bond acceptors (Lipinski definition) is 5. The minimum absolute atomic E-state index is 0.0614. The molecule has 1 aliphatic heterocycles. The van der Waals surface area contributed by atoms with Crippen LogP contribution in [0.4, 0.5) is 0 Å². The summed E-state index contributed by atoms with van der Waals surface area (Å²) in [5.74, 6) is -0.161. The first kappa shape index (κ1) is 18.4. The van der Waals surface area contributed by atoms with Crippen LogP contribution < -0.4 is 5.32 Å². The summed E-state index contributed by atoms with van der Waals surface area (Å²) in [6.45, 7) is 6.17. The standard InChI is InChI=1S/C20H24N6O2/c1-12-10-16-18(14(3)28-12)24-25(4)19(16)20(27)21-11-17-13(2)22-26(23-17)15-8-6-5-7-9-15/h5-9,12,14H,10-11H2,1-4H3,(H,21,27)/t12-,14+/m1/s1. The molecule has 1 aliphatic rings. The minimum Gasteiger partial charge on any atom is -0.369 e. The molecule has 8 nitrogen and oxygen atoms in total. The zero-order valence-corrected chi connectivity index (χ0v) is 16.5. The Morgan fingerprint density at radius 3 is 2.71 bits per heavy atom. The summed E-state index contributed by atoms with van der Waals surface area (Å²) in [7, 11) is 1.79. The van der Waals surface area contributed by atoms with E-state index in [2.05, 4.69) is 20.6 Å². The predicted octanol–water partition coefficient (Wildman–Crippen LogP) is 2.26. The molecular formula is C20H24N6O2. The molecule has 2 atom stereocenters. The number of nitrogens with zero attached hydrogens (tertiary/aromatic N) is 5. The van der Waals surface area contributed by atoms with E-state index in [0.29, 0.717) is 18.7 Å². The van der Waals surface area contributed by atoms with Gasteiger partial charge in [-0.3, -0.25) is 9.48 Å². The Bertz CT molecular complexity index is 1010. The van der Waals surface area contributed by atoms with Crippen LogP contribution in [0.5, 0.6) is 0 Å². The van der Waals surface area contributed by atoms with Gasteiger partial charge in [-0.25, -0.2) is 0 Å². The molecule has 0 saturated carbocycles. The number of amides is 1. The minimum atomic E-state index is -0.161. The van der Waals surface area contributed by atoms with Crippen LogP contribution in [-0.2, 0) is 24.8 Å². The average molecular weight is 380 g/mol. The van der Waals surface area contributed by atoms with Crippen LogP contribution in [0.25, 0.3) is 5.69 Å². The van der Waals surface area contributed by atoms with Crippen molar-refractivity contribution in [1.29, 1.82) is 0 Å². The molecule has 2 aromatic heterocycles. The van der Waals surface area contributed by atoms with Crippen molar-refractivity contribution in [2.24, 2.45) is 7.05 Å². The smallest absolute Gasteiger partial charge is 0.270 e. The third kappa shape index (κ3) is 3.31. The molecule has 0 spiro atoms. The van der Waals surface area contributed by atoms with Crippen molar-refractivity contribution in [3.8, 4) is 5.69 Å². The fraction of sp³-hybridized carbons (Fsp3) is 0.400. The van der Waals surface area contributed by atoms with E-state index in [1.165, 1.54) is 0 Å². The van der Waals surface area contributed by atoms with Gasteiger partial charge < -0.3 is 10.1 Å². The Kier molecular flexibility index (Phi) is 4.72. The number of para-hydroxylation sites is 1. The van der Waals surface area contributed by atoms with Crippen LogP contribution in [0.1, 0.15) is 53.1 Å². The Morgan fingerprint density at radius 2 is 1.96 bits per heavy atom. The summed E-state index contributed by atoms with van der Waals surface area (Å²) in [4.78, 5) is 14.5. The summed E-state index contributed by atoms with van der Waals surface area (Å²) >= 11 is 0. The average Bonchev–Trinajstić information content (AvgIpc) is 3.20. The molecule has 0 bridgehead atoms. The van der Waals surface area contributed by atoms with Crippen LogP contribution in [0.3, 0.4) is 0 Å². The Balaban J connectivity index is 1.53. The molecule has 8 heteroatoms. The number of aryl methyl sites for hydroxylation is 2. The van der Waals surface area contributed by atoms with Crippen LogP contribution in [0.15, 0.2) is 30.3 Å². The summed E-state index contributed by atoms with van der Waals surface area (Å²) in [6, 6.07) is 9.70. The molecule has 146 valence electrons. The van der Waals surface area contributed by atoms with Crippen molar-refractivity contribution in [1.82, 2.24) is 30.1 Å². The number of nitrogens with one attached hydrogen (secondary N) is 1. The third-order valence-corrected chi connectivity index (χ3v) is 4.99. The van der Waals surface area contributed by atoms with Gasteiger partial charge in [0.05, 0.1) is 35.8 Å². The Hall–Kier alpha value is -3.00. The molecule has 4 rings (SSSR count). The first-order chi connectivity index (χ1) is 13.4. The van der Waals surface area contributed by atoms with Crippen molar-refractivity contribution in [2.45, 2.75) is 45.9 Å². The summed E-state index contributed by atoms with van der Waals surface area (Å²) in [5, 5.41) is 16.4. The number of carbonyl (C=O) groups is 1. The molecule has 3 heterocycles. The number of ether oxygens (including phenoxy) is 1. The monoisotopic (exact) mass is 380 g/mol. The fourth-order valence-electron chi connectivity index (χ4n) is 3.65. The van der Waals surface area contributed by atoms with E-state index in [0.717, 1.165) is 28.3 Å². The van der Waals surface area contributed by atoms with Gasteiger partial charge in [0.15, 0.2) is 0 Å². The molecule has 28 heavy (non-hydrogen) atoms. The number of carbonyl (C=O) groups excluding carboxylic acids is 1. The second kappa shape index (κ2) is 7.20. The molecular weight excluding hydrogens is 356 g/mol. The lowest BCUT2D eigenvalue weighted by Gasteiger charge is -2.24. The van der Waals surface area contributed by atoms with Gasteiger partial charge >= 0.3 is 0 Å². The second-order valence-corrected chi connectivity index (χ2v) is 7.17. The third-order valence-electron chi connectivity index (χ3n) is 4.99. The highest BCUT2D eigenvalue weighted by molar-refractivity contribution is 5.94. The molecule has 3 aromatic rings. The summed E-state index contributed by atoms with van der Waals surface area (Å²) in [6.07, 6.45) is 0.630. The molecule has 0 unspecified atom stereocenters.